The smallest absolute Gasteiger partial charge is 0.262 e. The van der Waals surface area contributed by atoms with Crippen LogP contribution in [-0.4, -0.2) is 28.8 Å². The van der Waals surface area contributed by atoms with E-state index in [0.717, 1.165) is 23.5 Å². The van der Waals surface area contributed by atoms with Crippen LogP contribution in [0.5, 0.6) is 0 Å². The lowest BCUT2D eigenvalue weighted by Gasteiger charge is -2.23. The van der Waals surface area contributed by atoms with Gasteiger partial charge in [0.2, 0.25) is 0 Å². The number of amides is 1. The summed E-state index contributed by atoms with van der Waals surface area (Å²) < 4.78 is 1.74. The molecule has 0 atom stereocenters. The number of rotatable bonds is 5. The molecule has 0 unspecified atom stereocenters. The van der Waals surface area contributed by atoms with Gasteiger partial charge in [-0.25, -0.2) is 0 Å². The number of benzene rings is 1. The summed E-state index contributed by atoms with van der Waals surface area (Å²) in [6.07, 6.45) is 0.763. The van der Waals surface area contributed by atoms with Crippen LogP contribution in [0.1, 0.15) is 28.2 Å². The molecule has 5 nitrogen and oxygen atoms in total. The van der Waals surface area contributed by atoms with E-state index in [1.54, 1.807) is 9.58 Å². The number of anilines is 1. The summed E-state index contributed by atoms with van der Waals surface area (Å²) in [6, 6.07) is 9.68. The van der Waals surface area contributed by atoms with E-state index in [4.69, 9.17) is 5.73 Å². The highest BCUT2D eigenvalue weighted by molar-refractivity contribution is 6.07. The van der Waals surface area contributed by atoms with Crippen molar-refractivity contribution >= 4 is 11.6 Å². The minimum atomic E-state index is -0.0160. The van der Waals surface area contributed by atoms with Gasteiger partial charge in [-0.1, -0.05) is 18.2 Å². The second-order valence-electron chi connectivity index (χ2n) is 5.10. The average molecular weight is 286 g/mol. The number of hydrogen-bond acceptors (Lipinski definition) is 3. The molecular formula is C16H22N4O. The minimum absolute atomic E-state index is 0.0160. The van der Waals surface area contributed by atoms with E-state index >= 15 is 0 Å². The molecule has 21 heavy (non-hydrogen) atoms. The van der Waals surface area contributed by atoms with E-state index in [9.17, 15) is 4.79 Å². The predicted octanol–water partition coefficient (Wildman–Crippen LogP) is 2.03. The first-order chi connectivity index (χ1) is 10.1. The maximum absolute atomic E-state index is 12.9. The van der Waals surface area contributed by atoms with Gasteiger partial charge < -0.3 is 10.6 Å². The molecule has 0 aliphatic rings. The van der Waals surface area contributed by atoms with Crippen LogP contribution in [0.4, 0.5) is 5.69 Å². The van der Waals surface area contributed by atoms with Crippen molar-refractivity contribution in [2.45, 2.75) is 20.3 Å². The Morgan fingerprint density at radius 1 is 1.29 bits per heavy atom. The lowest BCUT2D eigenvalue weighted by Crippen LogP contribution is -2.33. The zero-order valence-corrected chi connectivity index (χ0v) is 12.8. The van der Waals surface area contributed by atoms with Gasteiger partial charge in [0.25, 0.3) is 5.91 Å². The molecule has 112 valence electrons. The van der Waals surface area contributed by atoms with Crippen LogP contribution in [0.3, 0.4) is 0 Å². The van der Waals surface area contributed by atoms with Gasteiger partial charge in [-0.2, -0.15) is 5.10 Å². The molecule has 1 amide bonds. The number of nitrogens with zero attached hydrogens (tertiary/aromatic N) is 3. The van der Waals surface area contributed by atoms with Crippen molar-refractivity contribution < 1.29 is 4.79 Å². The number of aromatic nitrogens is 2. The first-order valence-corrected chi connectivity index (χ1v) is 7.13. The third kappa shape index (κ3) is 3.13. The SMILES string of the molecule is Cc1nn(C)c(C)c1C(=O)N(CCCN)c1ccccc1. The van der Waals surface area contributed by atoms with Crippen LogP contribution in [0.15, 0.2) is 30.3 Å². The fraction of sp³-hybridized carbons (Fsp3) is 0.375. The van der Waals surface area contributed by atoms with E-state index in [-0.39, 0.29) is 5.91 Å². The molecule has 0 saturated heterocycles. The van der Waals surface area contributed by atoms with Gasteiger partial charge in [-0.15, -0.1) is 0 Å². The maximum atomic E-state index is 12.9. The van der Waals surface area contributed by atoms with Gasteiger partial charge in [0.15, 0.2) is 0 Å². The summed E-state index contributed by atoms with van der Waals surface area (Å²) in [7, 11) is 1.85. The third-order valence-electron chi connectivity index (χ3n) is 3.62. The quantitative estimate of drug-likeness (QED) is 0.914. The topological polar surface area (TPSA) is 64.2 Å². The van der Waals surface area contributed by atoms with Crippen molar-refractivity contribution in [3.8, 4) is 0 Å². The largest absolute Gasteiger partial charge is 0.330 e. The molecule has 0 radical (unpaired) electrons. The van der Waals surface area contributed by atoms with E-state index in [0.29, 0.717) is 18.7 Å². The van der Waals surface area contributed by atoms with Crippen LogP contribution in [0, 0.1) is 13.8 Å². The van der Waals surface area contributed by atoms with Crippen LogP contribution in [0.25, 0.3) is 0 Å². The van der Waals surface area contributed by atoms with Gasteiger partial charge in [0.1, 0.15) is 0 Å². The van der Waals surface area contributed by atoms with Crippen molar-refractivity contribution in [2.24, 2.45) is 12.8 Å². The molecule has 0 fully saturated rings. The zero-order valence-electron chi connectivity index (χ0n) is 12.8. The summed E-state index contributed by atoms with van der Waals surface area (Å²) in [5, 5.41) is 4.33. The molecule has 2 aromatic rings. The lowest BCUT2D eigenvalue weighted by atomic mass is 10.1. The van der Waals surface area contributed by atoms with Crippen molar-refractivity contribution in [3.05, 3.63) is 47.3 Å². The Morgan fingerprint density at radius 2 is 1.95 bits per heavy atom. The summed E-state index contributed by atoms with van der Waals surface area (Å²) in [6.45, 7) is 4.94. The molecule has 1 heterocycles. The Bertz CT molecular complexity index is 619. The normalized spacial score (nSPS) is 10.7. The lowest BCUT2D eigenvalue weighted by molar-refractivity contribution is 0.0985. The molecule has 2 rings (SSSR count). The number of carbonyl (C=O) groups excluding carboxylic acids is 1. The van der Waals surface area contributed by atoms with Gasteiger partial charge in [0.05, 0.1) is 11.3 Å². The number of carbonyl (C=O) groups is 1. The highest BCUT2D eigenvalue weighted by Crippen LogP contribution is 2.20. The van der Waals surface area contributed by atoms with Gasteiger partial charge in [-0.05, 0) is 38.9 Å². The van der Waals surface area contributed by atoms with Crippen molar-refractivity contribution in [1.82, 2.24) is 9.78 Å². The van der Waals surface area contributed by atoms with Crippen molar-refractivity contribution in [2.75, 3.05) is 18.0 Å². The van der Waals surface area contributed by atoms with Crippen LogP contribution >= 0.6 is 0 Å². The van der Waals surface area contributed by atoms with Crippen LogP contribution in [0.2, 0.25) is 0 Å². The Hall–Kier alpha value is -2.14. The van der Waals surface area contributed by atoms with Crippen LogP contribution in [-0.2, 0) is 7.05 Å². The summed E-state index contributed by atoms with van der Waals surface area (Å²) >= 11 is 0. The Balaban J connectivity index is 2.39. The Morgan fingerprint density at radius 3 is 2.48 bits per heavy atom. The van der Waals surface area contributed by atoms with Gasteiger partial charge in [-0.3, -0.25) is 9.48 Å². The van der Waals surface area contributed by atoms with E-state index in [1.807, 2.05) is 51.2 Å². The number of nitrogens with two attached hydrogens (primary N) is 1. The molecular weight excluding hydrogens is 264 g/mol. The fourth-order valence-electron chi connectivity index (χ4n) is 2.42. The predicted molar refractivity (Wildman–Crippen MR) is 84.5 cm³/mol. The summed E-state index contributed by atoms with van der Waals surface area (Å²) in [4.78, 5) is 14.7. The Labute approximate surface area is 125 Å². The Kier molecular flexibility index (Phi) is 4.75. The molecule has 0 saturated carbocycles. The maximum Gasteiger partial charge on any atom is 0.262 e. The van der Waals surface area contributed by atoms with Crippen LogP contribution < -0.4 is 10.6 Å². The molecule has 5 heteroatoms. The number of hydrogen-bond donors (Lipinski definition) is 1. The first-order valence-electron chi connectivity index (χ1n) is 7.13. The third-order valence-corrected chi connectivity index (χ3v) is 3.62. The van der Waals surface area contributed by atoms with E-state index < -0.39 is 0 Å². The number of para-hydroxylation sites is 1. The molecule has 2 N–H and O–H groups in total. The molecule has 0 aliphatic carbocycles. The zero-order chi connectivity index (χ0) is 15.4. The molecule has 1 aromatic heterocycles. The van der Waals surface area contributed by atoms with Gasteiger partial charge >= 0.3 is 0 Å². The molecule has 0 bridgehead atoms. The van der Waals surface area contributed by atoms with Crippen molar-refractivity contribution in [3.63, 3.8) is 0 Å². The molecule has 0 aliphatic heterocycles. The van der Waals surface area contributed by atoms with Crippen molar-refractivity contribution in [1.29, 1.82) is 0 Å². The first kappa shape index (κ1) is 15.3. The summed E-state index contributed by atoms with van der Waals surface area (Å²) in [5.74, 6) is -0.0160. The molecule has 0 spiro atoms. The van der Waals surface area contributed by atoms with E-state index in [1.165, 1.54) is 0 Å². The van der Waals surface area contributed by atoms with Gasteiger partial charge in [0, 0.05) is 25.0 Å². The number of aryl methyl sites for hydroxylation is 2. The standard InChI is InChI=1S/C16H22N4O/c1-12-15(13(2)19(3)18-12)16(21)20(11-7-10-17)14-8-5-4-6-9-14/h4-6,8-9H,7,10-11,17H2,1-3H3. The average Bonchev–Trinajstić information content (AvgIpc) is 2.73. The molecule has 1 aromatic carbocycles. The highest BCUT2D eigenvalue weighted by atomic mass is 16.2. The highest BCUT2D eigenvalue weighted by Gasteiger charge is 2.23. The summed E-state index contributed by atoms with van der Waals surface area (Å²) in [5.41, 5.74) is 8.81. The van der Waals surface area contributed by atoms with E-state index in [2.05, 4.69) is 5.10 Å². The second kappa shape index (κ2) is 6.54. The fourth-order valence-corrected chi connectivity index (χ4v) is 2.42. The second-order valence-corrected chi connectivity index (χ2v) is 5.10. The minimum Gasteiger partial charge on any atom is -0.330 e. The monoisotopic (exact) mass is 286 g/mol.